The van der Waals surface area contributed by atoms with E-state index in [0.29, 0.717) is 18.6 Å². The number of hydrogen-bond acceptors (Lipinski definition) is 6. The van der Waals surface area contributed by atoms with Crippen molar-refractivity contribution in [2.75, 3.05) is 30.8 Å². The highest BCUT2D eigenvalue weighted by Crippen LogP contribution is 2.27. The number of nitrogen functional groups attached to an aromatic ring is 1. The molecule has 1 aliphatic carbocycles. The van der Waals surface area contributed by atoms with Gasteiger partial charge in [0.25, 0.3) is 0 Å². The van der Waals surface area contributed by atoms with E-state index in [9.17, 15) is 0 Å². The van der Waals surface area contributed by atoms with Gasteiger partial charge in [-0.1, -0.05) is 6.42 Å². The molecule has 1 aliphatic rings. The lowest BCUT2D eigenvalue weighted by Crippen LogP contribution is -2.30. The molecule has 0 atom stereocenters. The lowest BCUT2D eigenvalue weighted by atomic mass is 9.85. The van der Waals surface area contributed by atoms with Crippen molar-refractivity contribution in [1.82, 2.24) is 15.0 Å². The first-order valence-electron chi connectivity index (χ1n) is 6.04. The van der Waals surface area contributed by atoms with Crippen molar-refractivity contribution < 1.29 is 4.74 Å². The van der Waals surface area contributed by atoms with Gasteiger partial charge in [-0.2, -0.15) is 15.0 Å². The molecule has 0 unspecified atom stereocenters. The van der Waals surface area contributed by atoms with Crippen LogP contribution in [-0.2, 0) is 0 Å². The maximum absolute atomic E-state index is 5.64. The van der Waals surface area contributed by atoms with E-state index in [1.54, 1.807) is 0 Å². The second-order valence-electron chi connectivity index (χ2n) is 4.39. The van der Waals surface area contributed by atoms with Gasteiger partial charge >= 0.3 is 6.01 Å². The molecule has 17 heavy (non-hydrogen) atoms. The molecule has 1 aromatic rings. The Balaban J connectivity index is 2.06. The standard InChI is InChI=1S/C11H19N5O/c1-3-17-11-14-9(12)13-10(15-11)16(2)7-8-5-4-6-8/h8H,3-7H2,1-2H3,(H2,12,13,14,15). The molecule has 6 nitrogen and oxygen atoms in total. The van der Waals surface area contributed by atoms with Crippen molar-refractivity contribution in [2.45, 2.75) is 26.2 Å². The van der Waals surface area contributed by atoms with Crippen LogP contribution in [0.15, 0.2) is 0 Å². The number of rotatable bonds is 5. The number of hydrogen-bond donors (Lipinski definition) is 1. The van der Waals surface area contributed by atoms with Gasteiger partial charge in [0.15, 0.2) is 0 Å². The monoisotopic (exact) mass is 237 g/mol. The van der Waals surface area contributed by atoms with Crippen molar-refractivity contribution >= 4 is 11.9 Å². The fourth-order valence-electron chi connectivity index (χ4n) is 1.87. The second-order valence-corrected chi connectivity index (χ2v) is 4.39. The Morgan fingerprint density at radius 3 is 2.71 bits per heavy atom. The first-order chi connectivity index (χ1) is 8.19. The number of ether oxygens (including phenoxy) is 1. The van der Waals surface area contributed by atoms with Crippen LogP contribution in [0.3, 0.4) is 0 Å². The van der Waals surface area contributed by atoms with E-state index >= 15 is 0 Å². The molecule has 2 N–H and O–H groups in total. The normalized spacial score (nSPS) is 15.4. The van der Waals surface area contributed by atoms with Crippen LogP contribution in [0.4, 0.5) is 11.9 Å². The Kier molecular flexibility index (Phi) is 3.61. The number of nitrogens with zero attached hydrogens (tertiary/aromatic N) is 4. The predicted molar refractivity (Wildman–Crippen MR) is 66.0 cm³/mol. The molecular weight excluding hydrogens is 218 g/mol. The zero-order valence-electron chi connectivity index (χ0n) is 10.4. The van der Waals surface area contributed by atoms with Crippen molar-refractivity contribution in [2.24, 2.45) is 5.92 Å². The SMILES string of the molecule is CCOc1nc(N)nc(N(C)CC2CCC2)n1. The minimum absolute atomic E-state index is 0.207. The first-order valence-corrected chi connectivity index (χ1v) is 6.04. The summed E-state index contributed by atoms with van der Waals surface area (Å²) >= 11 is 0. The molecule has 1 saturated carbocycles. The van der Waals surface area contributed by atoms with E-state index in [0.717, 1.165) is 12.5 Å². The predicted octanol–water partition coefficient (Wildman–Crippen LogP) is 1.09. The molecule has 0 aromatic carbocycles. The summed E-state index contributed by atoms with van der Waals surface area (Å²) in [6, 6.07) is 0.301. The summed E-state index contributed by atoms with van der Waals surface area (Å²) in [6.07, 6.45) is 3.93. The zero-order valence-corrected chi connectivity index (χ0v) is 10.4. The molecular formula is C11H19N5O. The molecule has 0 bridgehead atoms. The van der Waals surface area contributed by atoms with Gasteiger partial charge in [0.2, 0.25) is 11.9 Å². The lowest BCUT2D eigenvalue weighted by molar-refractivity contribution is 0.308. The van der Waals surface area contributed by atoms with Gasteiger partial charge in [0, 0.05) is 13.6 Å². The largest absolute Gasteiger partial charge is 0.464 e. The van der Waals surface area contributed by atoms with Gasteiger partial charge < -0.3 is 15.4 Å². The van der Waals surface area contributed by atoms with Gasteiger partial charge in [-0.3, -0.25) is 0 Å². The molecule has 94 valence electrons. The summed E-state index contributed by atoms with van der Waals surface area (Å²) in [7, 11) is 1.98. The Morgan fingerprint density at radius 1 is 1.35 bits per heavy atom. The van der Waals surface area contributed by atoms with Crippen molar-refractivity contribution in [3.8, 4) is 6.01 Å². The molecule has 1 aromatic heterocycles. The molecule has 1 heterocycles. The van der Waals surface area contributed by atoms with Crippen LogP contribution in [0, 0.1) is 5.92 Å². The Morgan fingerprint density at radius 2 is 2.12 bits per heavy atom. The zero-order chi connectivity index (χ0) is 12.3. The van der Waals surface area contributed by atoms with Gasteiger partial charge in [0.05, 0.1) is 6.61 Å². The van der Waals surface area contributed by atoms with E-state index in [1.807, 2.05) is 18.9 Å². The number of nitrogens with two attached hydrogens (primary N) is 1. The third kappa shape index (κ3) is 2.95. The summed E-state index contributed by atoms with van der Waals surface area (Å²) in [5.74, 6) is 1.56. The van der Waals surface area contributed by atoms with E-state index in [4.69, 9.17) is 10.5 Å². The highest BCUT2D eigenvalue weighted by molar-refractivity contribution is 5.35. The third-order valence-electron chi connectivity index (χ3n) is 2.99. The Bertz CT molecular complexity index is 380. The summed E-state index contributed by atoms with van der Waals surface area (Å²) in [4.78, 5) is 14.3. The average Bonchev–Trinajstić information content (AvgIpc) is 2.23. The minimum atomic E-state index is 0.207. The van der Waals surface area contributed by atoms with Gasteiger partial charge in [-0.15, -0.1) is 0 Å². The second kappa shape index (κ2) is 5.16. The molecule has 1 fully saturated rings. The smallest absolute Gasteiger partial charge is 0.323 e. The van der Waals surface area contributed by atoms with Gasteiger partial charge in [-0.05, 0) is 25.7 Å². The van der Waals surface area contributed by atoms with Gasteiger partial charge in [-0.25, -0.2) is 0 Å². The molecule has 0 amide bonds. The van der Waals surface area contributed by atoms with Gasteiger partial charge in [0.1, 0.15) is 0 Å². The van der Waals surface area contributed by atoms with Crippen LogP contribution in [0.1, 0.15) is 26.2 Å². The molecule has 0 radical (unpaired) electrons. The highest BCUT2D eigenvalue weighted by atomic mass is 16.5. The summed E-state index contributed by atoms with van der Waals surface area (Å²) in [5, 5.41) is 0. The summed E-state index contributed by atoms with van der Waals surface area (Å²) < 4.78 is 5.25. The molecule has 0 spiro atoms. The van der Waals surface area contributed by atoms with Crippen LogP contribution >= 0.6 is 0 Å². The fourth-order valence-corrected chi connectivity index (χ4v) is 1.87. The van der Waals surface area contributed by atoms with Crippen molar-refractivity contribution in [1.29, 1.82) is 0 Å². The van der Waals surface area contributed by atoms with Crippen LogP contribution in [-0.4, -0.2) is 35.2 Å². The average molecular weight is 237 g/mol. The van der Waals surface area contributed by atoms with Crippen molar-refractivity contribution in [3.63, 3.8) is 0 Å². The van der Waals surface area contributed by atoms with Crippen LogP contribution in [0.5, 0.6) is 6.01 Å². The van der Waals surface area contributed by atoms with Crippen LogP contribution in [0.2, 0.25) is 0 Å². The highest BCUT2D eigenvalue weighted by Gasteiger charge is 2.20. The maximum Gasteiger partial charge on any atom is 0.323 e. The van der Waals surface area contributed by atoms with Crippen molar-refractivity contribution in [3.05, 3.63) is 0 Å². The van der Waals surface area contributed by atoms with Crippen LogP contribution < -0.4 is 15.4 Å². The first kappa shape index (κ1) is 11.9. The fraction of sp³-hybridized carbons (Fsp3) is 0.727. The van der Waals surface area contributed by atoms with E-state index in [-0.39, 0.29) is 5.95 Å². The summed E-state index contributed by atoms with van der Waals surface area (Å²) in [5.41, 5.74) is 5.64. The number of anilines is 2. The topological polar surface area (TPSA) is 77.2 Å². The van der Waals surface area contributed by atoms with E-state index in [1.165, 1.54) is 19.3 Å². The molecule has 2 rings (SSSR count). The maximum atomic E-state index is 5.64. The van der Waals surface area contributed by atoms with E-state index < -0.39 is 0 Å². The van der Waals surface area contributed by atoms with E-state index in [2.05, 4.69) is 15.0 Å². The Hall–Kier alpha value is -1.59. The lowest BCUT2D eigenvalue weighted by Gasteiger charge is -2.30. The number of aromatic nitrogens is 3. The minimum Gasteiger partial charge on any atom is -0.464 e. The molecule has 6 heteroatoms. The third-order valence-corrected chi connectivity index (χ3v) is 2.99. The Labute approximate surface area is 101 Å². The summed E-state index contributed by atoms with van der Waals surface area (Å²) in [6.45, 7) is 3.38. The molecule has 0 saturated heterocycles. The molecule has 0 aliphatic heterocycles. The quantitative estimate of drug-likeness (QED) is 0.826. The van der Waals surface area contributed by atoms with Crippen LogP contribution in [0.25, 0.3) is 0 Å².